The Morgan fingerprint density at radius 1 is 1.47 bits per heavy atom. The van der Waals surface area contributed by atoms with Crippen molar-refractivity contribution in [2.75, 3.05) is 5.32 Å². The van der Waals surface area contributed by atoms with Gasteiger partial charge in [0, 0.05) is 0 Å². The minimum absolute atomic E-state index is 0.0125. The Kier molecular flexibility index (Phi) is 3.78. The van der Waals surface area contributed by atoms with E-state index in [-0.39, 0.29) is 5.75 Å². The monoisotopic (exact) mass is 235 g/mol. The van der Waals surface area contributed by atoms with Crippen LogP contribution in [0.2, 0.25) is 0 Å². The molecule has 0 radical (unpaired) electrons. The molecule has 0 bridgehead atoms. The second-order valence-electron chi connectivity index (χ2n) is 4.61. The zero-order valence-corrected chi connectivity index (χ0v) is 10.3. The highest BCUT2D eigenvalue weighted by Crippen LogP contribution is 2.25. The van der Waals surface area contributed by atoms with Crippen LogP contribution in [0.1, 0.15) is 26.3 Å². The van der Waals surface area contributed by atoms with Crippen LogP contribution in [0.25, 0.3) is 6.08 Å². The normalized spacial score (nSPS) is 10.8. The molecular weight excluding hydrogens is 218 g/mol. The predicted molar refractivity (Wildman–Crippen MR) is 68.1 cm³/mol. The van der Waals surface area contributed by atoms with E-state index in [0.29, 0.717) is 5.69 Å². The standard InChI is InChI=1S/C13H17NO3/c1-5-9-6-7-11(15)10(8-9)14-12(16)17-13(2,3)4/h5-8,15H,1H2,2-4H3,(H,14,16). The van der Waals surface area contributed by atoms with Crippen LogP contribution in [0.4, 0.5) is 10.5 Å². The highest BCUT2D eigenvalue weighted by atomic mass is 16.6. The number of hydrogen-bond acceptors (Lipinski definition) is 3. The number of benzene rings is 1. The minimum atomic E-state index is -0.603. The lowest BCUT2D eigenvalue weighted by Gasteiger charge is -2.20. The van der Waals surface area contributed by atoms with Crippen LogP contribution in [0, 0.1) is 0 Å². The fraction of sp³-hybridized carbons (Fsp3) is 0.308. The summed E-state index contributed by atoms with van der Waals surface area (Å²) < 4.78 is 5.08. The molecule has 1 amide bonds. The third-order valence-electron chi connectivity index (χ3n) is 1.89. The van der Waals surface area contributed by atoms with E-state index >= 15 is 0 Å². The second kappa shape index (κ2) is 4.91. The van der Waals surface area contributed by atoms with Crippen LogP contribution >= 0.6 is 0 Å². The van der Waals surface area contributed by atoms with Gasteiger partial charge >= 0.3 is 6.09 Å². The zero-order chi connectivity index (χ0) is 13.1. The van der Waals surface area contributed by atoms with E-state index in [1.165, 1.54) is 6.07 Å². The molecule has 4 nitrogen and oxygen atoms in total. The first kappa shape index (κ1) is 13.1. The number of amides is 1. The maximum Gasteiger partial charge on any atom is 0.412 e. The van der Waals surface area contributed by atoms with Gasteiger partial charge in [-0.3, -0.25) is 5.32 Å². The van der Waals surface area contributed by atoms with Crippen molar-refractivity contribution in [1.29, 1.82) is 0 Å². The molecule has 1 aromatic rings. The molecule has 0 aliphatic rings. The highest BCUT2D eigenvalue weighted by molar-refractivity contribution is 5.87. The smallest absolute Gasteiger partial charge is 0.412 e. The van der Waals surface area contributed by atoms with Gasteiger partial charge in [0.2, 0.25) is 0 Å². The van der Waals surface area contributed by atoms with Gasteiger partial charge in [0.15, 0.2) is 0 Å². The number of hydrogen-bond donors (Lipinski definition) is 2. The Bertz CT molecular complexity index is 433. The van der Waals surface area contributed by atoms with Crippen LogP contribution in [0.3, 0.4) is 0 Å². The summed E-state index contributed by atoms with van der Waals surface area (Å²) in [5, 5.41) is 12.1. The fourth-order valence-corrected chi connectivity index (χ4v) is 1.19. The molecule has 0 saturated carbocycles. The van der Waals surface area contributed by atoms with E-state index in [1.807, 2.05) is 0 Å². The first-order valence-electron chi connectivity index (χ1n) is 5.27. The molecule has 1 aromatic carbocycles. The summed E-state index contributed by atoms with van der Waals surface area (Å²) >= 11 is 0. The molecule has 0 heterocycles. The van der Waals surface area contributed by atoms with Gasteiger partial charge in [0.05, 0.1) is 5.69 Å². The van der Waals surface area contributed by atoms with Crippen LogP contribution < -0.4 is 5.32 Å². The largest absolute Gasteiger partial charge is 0.506 e. The number of anilines is 1. The number of carbonyl (C=O) groups is 1. The first-order chi connectivity index (χ1) is 7.81. The van der Waals surface area contributed by atoms with Gasteiger partial charge in [-0.1, -0.05) is 18.7 Å². The van der Waals surface area contributed by atoms with E-state index in [0.717, 1.165) is 5.56 Å². The molecule has 17 heavy (non-hydrogen) atoms. The van der Waals surface area contributed by atoms with E-state index in [1.54, 1.807) is 39.0 Å². The predicted octanol–water partition coefficient (Wildman–Crippen LogP) is 3.38. The topological polar surface area (TPSA) is 58.6 Å². The summed E-state index contributed by atoms with van der Waals surface area (Å²) in [5.41, 5.74) is 0.529. The van der Waals surface area contributed by atoms with Gasteiger partial charge in [-0.05, 0) is 38.5 Å². The number of phenolic OH excluding ortho intramolecular Hbond substituents is 1. The van der Waals surface area contributed by atoms with Crippen molar-refractivity contribution < 1.29 is 14.6 Å². The molecule has 0 aliphatic carbocycles. The SMILES string of the molecule is C=Cc1ccc(O)c(NC(=O)OC(C)(C)C)c1. The first-order valence-corrected chi connectivity index (χ1v) is 5.27. The maximum absolute atomic E-state index is 11.5. The maximum atomic E-state index is 11.5. The summed E-state index contributed by atoms with van der Waals surface area (Å²) in [7, 11) is 0. The number of carbonyl (C=O) groups excluding carboxylic acids is 1. The van der Waals surface area contributed by atoms with Crippen molar-refractivity contribution in [2.24, 2.45) is 0 Å². The highest BCUT2D eigenvalue weighted by Gasteiger charge is 2.17. The third-order valence-corrected chi connectivity index (χ3v) is 1.89. The lowest BCUT2D eigenvalue weighted by Crippen LogP contribution is -2.27. The van der Waals surface area contributed by atoms with Crippen molar-refractivity contribution in [3.05, 3.63) is 30.3 Å². The Balaban J connectivity index is 2.81. The van der Waals surface area contributed by atoms with Crippen molar-refractivity contribution in [3.63, 3.8) is 0 Å². The second-order valence-corrected chi connectivity index (χ2v) is 4.61. The molecule has 0 unspecified atom stereocenters. The molecule has 1 rings (SSSR count). The molecule has 0 saturated heterocycles. The number of rotatable bonds is 2. The molecule has 2 N–H and O–H groups in total. The molecule has 0 fully saturated rings. The van der Waals surface area contributed by atoms with E-state index < -0.39 is 11.7 Å². The van der Waals surface area contributed by atoms with Gasteiger partial charge in [-0.2, -0.15) is 0 Å². The fourth-order valence-electron chi connectivity index (χ4n) is 1.19. The van der Waals surface area contributed by atoms with Crippen LogP contribution in [-0.2, 0) is 4.74 Å². The average Bonchev–Trinajstić information content (AvgIpc) is 2.18. The Hall–Kier alpha value is -1.97. The Labute approximate surface area is 101 Å². The van der Waals surface area contributed by atoms with E-state index in [9.17, 15) is 9.90 Å². The zero-order valence-electron chi connectivity index (χ0n) is 10.3. The van der Waals surface area contributed by atoms with Crippen LogP contribution in [-0.4, -0.2) is 16.8 Å². The number of ether oxygens (including phenoxy) is 1. The lowest BCUT2D eigenvalue weighted by atomic mass is 10.2. The Morgan fingerprint density at radius 3 is 2.65 bits per heavy atom. The lowest BCUT2D eigenvalue weighted by molar-refractivity contribution is 0.0635. The summed E-state index contributed by atoms with van der Waals surface area (Å²) in [6.45, 7) is 8.93. The number of phenols is 1. The molecule has 92 valence electrons. The molecule has 4 heteroatoms. The Morgan fingerprint density at radius 2 is 2.12 bits per heavy atom. The van der Waals surface area contributed by atoms with Gasteiger partial charge in [0.25, 0.3) is 0 Å². The van der Waals surface area contributed by atoms with Crippen LogP contribution in [0.5, 0.6) is 5.75 Å². The van der Waals surface area contributed by atoms with E-state index in [4.69, 9.17) is 4.74 Å². The number of aromatic hydroxyl groups is 1. The number of nitrogens with one attached hydrogen (secondary N) is 1. The van der Waals surface area contributed by atoms with Crippen molar-refractivity contribution in [3.8, 4) is 5.75 Å². The summed E-state index contributed by atoms with van der Waals surface area (Å²) in [6, 6.07) is 4.80. The summed E-state index contributed by atoms with van der Waals surface area (Å²) in [5.74, 6) is -0.0125. The van der Waals surface area contributed by atoms with Gasteiger partial charge in [-0.15, -0.1) is 0 Å². The molecule has 0 aromatic heterocycles. The molecule has 0 atom stereocenters. The van der Waals surface area contributed by atoms with E-state index in [2.05, 4.69) is 11.9 Å². The van der Waals surface area contributed by atoms with Gasteiger partial charge in [0.1, 0.15) is 11.4 Å². The average molecular weight is 235 g/mol. The summed E-state index contributed by atoms with van der Waals surface area (Å²) in [6.07, 6.45) is 1.02. The molecular formula is C13H17NO3. The third kappa shape index (κ3) is 4.18. The quantitative estimate of drug-likeness (QED) is 0.772. The van der Waals surface area contributed by atoms with Gasteiger partial charge < -0.3 is 9.84 Å². The summed E-state index contributed by atoms with van der Waals surface area (Å²) in [4.78, 5) is 11.5. The van der Waals surface area contributed by atoms with Crippen molar-refractivity contribution in [2.45, 2.75) is 26.4 Å². The van der Waals surface area contributed by atoms with Crippen molar-refractivity contribution >= 4 is 17.9 Å². The molecule has 0 aliphatic heterocycles. The molecule has 0 spiro atoms. The minimum Gasteiger partial charge on any atom is -0.506 e. The van der Waals surface area contributed by atoms with Crippen LogP contribution in [0.15, 0.2) is 24.8 Å². The van der Waals surface area contributed by atoms with Gasteiger partial charge in [-0.25, -0.2) is 4.79 Å². The van der Waals surface area contributed by atoms with Crippen molar-refractivity contribution in [1.82, 2.24) is 0 Å².